The molecule has 0 saturated heterocycles. The van der Waals surface area contributed by atoms with Crippen LogP contribution in [-0.2, 0) is 9.53 Å². The van der Waals surface area contributed by atoms with E-state index in [0.29, 0.717) is 17.9 Å². The van der Waals surface area contributed by atoms with E-state index in [0.717, 1.165) is 11.3 Å². The number of rotatable bonds is 4. The summed E-state index contributed by atoms with van der Waals surface area (Å²) in [5.74, 6) is 0.231. The molecule has 5 heteroatoms. The highest BCUT2D eigenvalue weighted by molar-refractivity contribution is 5.70. The number of esters is 1. The summed E-state index contributed by atoms with van der Waals surface area (Å²) >= 11 is 0. The van der Waals surface area contributed by atoms with Gasteiger partial charge >= 0.3 is 5.97 Å². The normalized spacial score (nSPS) is 9.53. The van der Waals surface area contributed by atoms with Crippen molar-refractivity contribution in [2.75, 3.05) is 19.0 Å². The van der Waals surface area contributed by atoms with E-state index < -0.39 is 0 Å². The highest BCUT2D eigenvalue weighted by atomic mass is 16.5. The predicted molar refractivity (Wildman–Crippen MR) is 63.5 cm³/mol. The van der Waals surface area contributed by atoms with E-state index in [9.17, 15) is 4.79 Å². The molecule has 1 heterocycles. The first-order valence-electron chi connectivity index (χ1n) is 5.27. The lowest BCUT2D eigenvalue weighted by Crippen LogP contribution is -2.12. The zero-order chi connectivity index (χ0) is 12.8. The summed E-state index contributed by atoms with van der Waals surface area (Å²) in [6.07, 6.45) is 0.246. The Labute approximate surface area is 100 Å². The van der Waals surface area contributed by atoms with Crippen LogP contribution in [0.15, 0.2) is 6.07 Å². The maximum absolute atomic E-state index is 10.9. The summed E-state index contributed by atoms with van der Waals surface area (Å²) in [5.41, 5.74) is 2.23. The molecule has 0 aliphatic heterocycles. The fourth-order valence-corrected chi connectivity index (χ4v) is 1.49. The van der Waals surface area contributed by atoms with Gasteiger partial charge in [-0.25, -0.2) is 4.98 Å². The number of nitrogens with one attached hydrogen (secondary N) is 1. The zero-order valence-electron chi connectivity index (χ0n) is 10.2. The van der Waals surface area contributed by atoms with Crippen LogP contribution < -0.4 is 5.32 Å². The summed E-state index contributed by atoms with van der Waals surface area (Å²) < 4.78 is 4.53. The largest absolute Gasteiger partial charge is 0.469 e. The zero-order valence-corrected chi connectivity index (χ0v) is 10.2. The number of ether oxygens (including phenoxy) is 1. The molecular formula is C12H15N3O2. The molecule has 1 aromatic heterocycles. The van der Waals surface area contributed by atoms with Gasteiger partial charge in [-0.15, -0.1) is 0 Å². The van der Waals surface area contributed by atoms with Crippen LogP contribution in [0.1, 0.15) is 23.2 Å². The number of carbonyl (C=O) groups is 1. The van der Waals surface area contributed by atoms with Gasteiger partial charge in [0, 0.05) is 12.2 Å². The van der Waals surface area contributed by atoms with Gasteiger partial charge < -0.3 is 10.1 Å². The Kier molecular flexibility index (Phi) is 4.46. The minimum Gasteiger partial charge on any atom is -0.469 e. The number of anilines is 1. The minimum atomic E-state index is -0.291. The number of methoxy groups -OCH3 is 1. The van der Waals surface area contributed by atoms with Crippen LogP contribution in [0.2, 0.25) is 0 Å². The number of hydrogen-bond acceptors (Lipinski definition) is 5. The molecule has 0 radical (unpaired) electrons. The number of nitriles is 1. The second-order valence-electron chi connectivity index (χ2n) is 3.67. The summed E-state index contributed by atoms with van der Waals surface area (Å²) in [4.78, 5) is 15.2. The van der Waals surface area contributed by atoms with Crippen molar-refractivity contribution >= 4 is 11.8 Å². The van der Waals surface area contributed by atoms with Gasteiger partial charge in [-0.2, -0.15) is 5.26 Å². The second-order valence-corrected chi connectivity index (χ2v) is 3.67. The highest BCUT2D eigenvalue weighted by Crippen LogP contribution is 2.17. The summed E-state index contributed by atoms with van der Waals surface area (Å²) in [6.45, 7) is 4.12. The van der Waals surface area contributed by atoms with Crippen LogP contribution in [0.4, 0.5) is 5.82 Å². The predicted octanol–water partition coefficient (Wildman–Crippen LogP) is 1.55. The fourth-order valence-electron chi connectivity index (χ4n) is 1.49. The first kappa shape index (κ1) is 13.0. The lowest BCUT2D eigenvalue weighted by Gasteiger charge is -2.09. The number of hydrogen-bond donors (Lipinski definition) is 1. The van der Waals surface area contributed by atoms with Crippen LogP contribution in [0.5, 0.6) is 0 Å². The smallest absolute Gasteiger partial charge is 0.307 e. The quantitative estimate of drug-likeness (QED) is 0.798. The van der Waals surface area contributed by atoms with Crippen molar-refractivity contribution in [1.29, 1.82) is 5.26 Å². The fraction of sp³-hybridized carbons (Fsp3) is 0.417. The molecule has 0 saturated carbocycles. The third kappa shape index (κ3) is 3.45. The molecular weight excluding hydrogens is 218 g/mol. The third-order valence-corrected chi connectivity index (χ3v) is 2.31. The molecule has 1 N–H and O–H groups in total. The van der Waals surface area contributed by atoms with Gasteiger partial charge in [0.1, 0.15) is 11.9 Å². The second kappa shape index (κ2) is 5.85. The van der Waals surface area contributed by atoms with Crippen molar-refractivity contribution < 1.29 is 9.53 Å². The van der Waals surface area contributed by atoms with E-state index in [2.05, 4.69) is 21.1 Å². The Morgan fingerprint density at radius 1 is 1.59 bits per heavy atom. The van der Waals surface area contributed by atoms with E-state index in [1.807, 2.05) is 19.9 Å². The average molecular weight is 233 g/mol. The van der Waals surface area contributed by atoms with E-state index in [-0.39, 0.29) is 12.4 Å². The van der Waals surface area contributed by atoms with Gasteiger partial charge in [0.2, 0.25) is 0 Å². The molecule has 0 fully saturated rings. The topological polar surface area (TPSA) is 75.0 Å². The van der Waals surface area contributed by atoms with Crippen LogP contribution in [0.25, 0.3) is 0 Å². The van der Waals surface area contributed by atoms with Crippen molar-refractivity contribution in [3.8, 4) is 6.07 Å². The molecule has 0 unspecified atom stereocenters. The van der Waals surface area contributed by atoms with Crippen molar-refractivity contribution in [2.24, 2.45) is 0 Å². The molecule has 90 valence electrons. The van der Waals surface area contributed by atoms with Crippen molar-refractivity contribution in [2.45, 2.75) is 20.3 Å². The van der Waals surface area contributed by atoms with E-state index in [1.165, 1.54) is 7.11 Å². The molecule has 1 aromatic rings. The lowest BCUT2D eigenvalue weighted by molar-refractivity contribution is -0.140. The highest BCUT2D eigenvalue weighted by Gasteiger charge is 2.08. The Hall–Kier alpha value is -2.09. The van der Waals surface area contributed by atoms with Crippen LogP contribution in [0, 0.1) is 25.2 Å². The molecule has 0 aromatic carbocycles. The minimum absolute atomic E-state index is 0.246. The van der Waals surface area contributed by atoms with Crippen LogP contribution in [-0.4, -0.2) is 24.6 Å². The van der Waals surface area contributed by atoms with Crippen LogP contribution >= 0.6 is 0 Å². The van der Waals surface area contributed by atoms with E-state index >= 15 is 0 Å². The number of nitrogens with zero attached hydrogens (tertiary/aromatic N) is 2. The Bertz CT molecular complexity index is 464. The average Bonchev–Trinajstić information content (AvgIpc) is 2.28. The van der Waals surface area contributed by atoms with Crippen molar-refractivity contribution in [3.63, 3.8) is 0 Å². The molecule has 0 aliphatic rings. The number of carbonyl (C=O) groups excluding carboxylic acids is 1. The number of aryl methyl sites for hydroxylation is 2. The molecule has 0 bridgehead atoms. The first-order chi connectivity index (χ1) is 8.08. The van der Waals surface area contributed by atoms with Gasteiger partial charge in [0.05, 0.1) is 19.1 Å². The maximum atomic E-state index is 10.9. The number of pyridine rings is 1. The van der Waals surface area contributed by atoms with Gasteiger partial charge in [-0.3, -0.25) is 4.79 Å². The summed E-state index contributed by atoms with van der Waals surface area (Å²) in [5, 5.41) is 12.0. The molecule has 5 nitrogen and oxygen atoms in total. The summed E-state index contributed by atoms with van der Waals surface area (Å²) in [6, 6.07) is 3.95. The molecule has 1 rings (SSSR count). The van der Waals surface area contributed by atoms with Gasteiger partial charge in [-0.05, 0) is 25.5 Å². The monoisotopic (exact) mass is 233 g/mol. The van der Waals surface area contributed by atoms with Crippen molar-refractivity contribution in [3.05, 3.63) is 22.9 Å². The Morgan fingerprint density at radius 2 is 2.29 bits per heavy atom. The van der Waals surface area contributed by atoms with Gasteiger partial charge in [-0.1, -0.05) is 0 Å². The van der Waals surface area contributed by atoms with E-state index in [4.69, 9.17) is 5.26 Å². The van der Waals surface area contributed by atoms with Gasteiger partial charge in [0.15, 0.2) is 0 Å². The first-order valence-corrected chi connectivity index (χ1v) is 5.27. The number of aromatic nitrogens is 1. The van der Waals surface area contributed by atoms with Crippen LogP contribution in [0.3, 0.4) is 0 Å². The molecule has 0 atom stereocenters. The standard InChI is InChI=1S/C12H15N3O2/c1-8-6-9(2)15-12(10(8)7-13)14-5-4-11(16)17-3/h6H,4-5H2,1-3H3,(H,14,15). The summed E-state index contributed by atoms with van der Waals surface area (Å²) in [7, 11) is 1.35. The Morgan fingerprint density at radius 3 is 2.88 bits per heavy atom. The van der Waals surface area contributed by atoms with Gasteiger partial charge in [0.25, 0.3) is 0 Å². The Balaban J connectivity index is 2.77. The molecule has 0 spiro atoms. The SMILES string of the molecule is COC(=O)CCNc1nc(C)cc(C)c1C#N. The third-order valence-electron chi connectivity index (χ3n) is 2.31. The molecule has 0 amide bonds. The molecule has 17 heavy (non-hydrogen) atoms. The maximum Gasteiger partial charge on any atom is 0.307 e. The molecule has 0 aliphatic carbocycles. The lowest BCUT2D eigenvalue weighted by atomic mass is 10.1. The van der Waals surface area contributed by atoms with Crippen molar-refractivity contribution in [1.82, 2.24) is 4.98 Å². The van der Waals surface area contributed by atoms with E-state index in [1.54, 1.807) is 0 Å².